The van der Waals surface area contributed by atoms with Crippen LogP contribution in [0.5, 0.6) is 0 Å². The number of carbonyl (C=O) groups is 1. The van der Waals surface area contributed by atoms with Crippen molar-refractivity contribution in [3.8, 4) is 0 Å². The van der Waals surface area contributed by atoms with Crippen LogP contribution in [0.4, 0.5) is 0 Å². The second kappa shape index (κ2) is 3.89. The van der Waals surface area contributed by atoms with Gasteiger partial charge in [0.15, 0.2) is 0 Å². The van der Waals surface area contributed by atoms with Gasteiger partial charge in [0.2, 0.25) is 0 Å². The second-order valence-electron chi connectivity index (χ2n) is 2.71. The molecule has 0 aromatic carbocycles. The fraction of sp³-hybridized carbons (Fsp3) is 0.857. The molecule has 9 heavy (non-hydrogen) atoms. The van der Waals surface area contributed by atoms with E-state index in [-0.39, 0.29) is 11.2 Å². The van der Waals surface area contributed by atoms with E-state index in [1.54, 1.807) is 0 Å². The van der Waals surface area contributed by atoms with E-state index in [2.05, 4.69) is 13.8 Å². The van der Waals surface area contributed by atoms with Crippen LogP contribution in [0.25, 0.3) is 0 Å². The average molecular weight is 149 g/mol. The smallest absolute Gasteiger partial charge is 0.147 e. The fourth-order valence-electron chi connectivity index (χ4n) is 0.580. The van der Waals surface area contributed by atoms with Gasteiger partial charge < -0.3 is 0 Å². The van der Waals surface area contributed by atoms with Gasteiger partial charge in [-0.3, -0.25) is 4.79 Å². The summed E-state index contributed by atoms with van der Waals surface area (Å²) in [5, 5.41) is -0.273. The van der Waals surface area contributed by atoms with Gasteiger partial charge in [-0.1, -0.05) is 13.8 Å². The lowest BCUT2D eigenvalue weighted by Crippen LogP contribution is -2.12. The molecule has 0 aliphatic rings. The summed E-state index contributed by atoms with van der Waals surface area (Å²) in [5.41, 5.74) is 0. The maximum atomic E-state index is 10.5. The van der Waals surface area contributed by atoms with Crippen LogP contribution in [-0.4, -0.2) is 11.2 Å². The van der Waals surface area contributed by atoms with E-state index in [0.29, 0.717) is 5.92 Å². The largest absolute Gasteiger partial charge is 0.298 e. The van der Waals surface area contributed by atoms with Crippen LogP contribution in [0.3, 0.4) is 0 Å². The zero-order valence-electron chi connectivity index (χ0n) is 6.15. The molecule has 0 amide bonds. The van der Waals surface area contributed by atoms with Gasteiger partial charge in [0.05, 0.1) is 5.38 Å². The van der Waals surface area contributed by atoms with Crippen LogP contribution in [0.1, 0.15) is 27.2 Å². The third-order valence-electron chi connectivity index (χ3n) is 1.12. The minimum Gasteiger partial charge on any atom is -0.298 e. The molecule has 54 valence electrons. The number of Topliss-reactive ketones (excluding diaryl/α,β-unsaturated/α-hetero) is 1. The highest BCUT2D eigenvalue weighted by atomic mass is 35.5. The molecule has 0 N–H and O–H groups in total. The van der Waals surface area contributed by atoms with Crippen molar-refractivity contribution in [1.82, 2.24) is 0 Å². The van der Waals surface area contributed by atoms with Crippen molar-refractivity contribution in [2.45, 2.75) is 32.6 Å². The summed E-state index contributed by atoms with van der Waals surface area (Å²) in [6.45, 7) is 5.64. The van der Waals surface area contributed by atoms with Gasteiger partial charge in [-0.15, -0.1) is 11.6 Å². The van der Waals surface area contributed by atoms with E-state index < -0.39 is 0 Å². The number of halogens is 1. The van der Waals surface area contributed by atoms with Crippen molar-refractivity contribution in [2.75, 3.05) is 0 Å². The summed E-state index contributed by atoms with van der Waals surface area (Å²) < 4.78 is 0. The monoisotopic (exact) mass is 148 g/mol. The molecular weight excluding hydrogens is 136 g/mol. The van der Waals surface area contributed by atoms with Gasteiger partial charge in [-0.05, 0) is 19.3 Å². The Kier molecular flexibility index (Phi) is 3.87. The zero-order valence-corrected chi connectivity index (χ0v) is 6.90. The lowest BCUT2D eigenvalue weighted by atomic mass is 10.1. The average Bonchev–Trinajstić information content (AvgIpc) is 1.63. The summed E-state index contributed by atoms with van der Waals surface area (Å²) >= 11 is 5.66. The van der Waals surface area contributed by atoms with Gasteiger partial charge in [0.1, 0.15) is 5.78 Å². The lowest BCUT2D eigenvalue weighted by Gasteiger charge is -2.06. The molecule has 0 bridgehead atoms. The van der Waals surface area contributed by atoms with Crippen LogP contribution < -0.4 is 0 Å². The van der Waals surface area contributed by atoms with Crippen LogP contribution in [0.15, 0.2) is 0 Å². The standard InChI is InChI=1S/C7H13ClO/c1-5(2)4-7(8)6(3)9/h5,7H,4H2,1-3H3/t7-/m0/s1. The molecule has 0 aromatic rings. The predicted molar refractivity (Wildman–Crippen MR) is 39.8 cm³/mol. The number of rotatable bonds is 3. The van der Waals surface area contributed by atoms with Crippen molar-refractivity contribution in [1.29, 1.82) is 0 Å². The number of ketones is 1. The van der Waals surface area contributed by atoms with Crippen LogP contribution in [-0.2, 0) is 4.79 Å². The van der Waals surface area contributed by atoms with E-state index in [4.69, 9.17) is 11.6 Å². The third kappa shape index (κ3) is 4.46. The SMILES string of the molecule is CC(=O)[C@@H](Cl)CC(C)C. The molecule has 0 spiro atoms. The van der Waals surface area contributed by atoms with Gasteiger partial charge >= 0.3 is 0 Å². The quantitative estimate of drug-likeness (QED) is 0.561. The van der Waals surface area contributed by atoms with E-state index in [0.717, 1.165) is 6.42 Å². The van der Waals surface area contributed by atoms with Gasteiger partial charge in [-0.2, -0.15) is 0 Å². The molecular formula is C7H13ClO. The van der Waals surface area contributed by atoms with Gasteiger partial charge in [0, 0.05) is 0 Å². The molecule has 0 rings (SSSR count). The summed E-state index contributed by atoms with van der Waals surface area (Å²) in [7, 11) is 0. The van der Waals surface area contributed by atoms with E-state index in [1.165, 1.54) is 6.92 Å². The van der Waals surface area contributed by atoms with Crippen LogP contribution in [0.2, 0.25) is 0 Å². The third-order valence-corrected chi connectivity index (χ3v) is 1.60. The molecule has 0 aromatic heterocycles. The first kappa shape index (κ1) is 8.96. The van der Waals surface area contributed by atoms with E-state index in [1.807, 2.05) is 0 Å². The molecule has 0 saturated heterocycles. The predicted octanol–water partition coefficient (Wildman–Crippen LogP) is 2.23. The fourth-order valence-corrected chi connectivity index (χ4v) is 0.936. The van der Waals surface area contributed by atoms with Gasteiger partial charge in [-0.25, -0.2) is 0 Å². The minimum atomic E-state index is -0.273. The first-order valence-electron chi connectivity index (χ1n) is 3.18. The first-order chi connectivity index (χ1) is 4.04. The van der Waals surface area contributed by atoms with Crippen molar-refractivity contribution >= 4 is 17.4 Å². The van der Waals surface area contributed by atoms with Crippen molar-refractivity contribution in [3.63, 3.8) is 0 Å². The Bertz CT molecular complexity index is 99.1. The topological polar surface area (TPSA) is 17.1 Å². The second-order valence-corrected chi connectivity index (χ2v) is 3.23. The molecule has 1 atom stereocenters. The molecule has 0 aliphatic heterocycles. The highest BCUT2D eigenvalue weighted by Gasteiger charge is 2.10. The lowest BCUT2D eigenvalue weighted by molar-refractivity contribution is -0.116. The number of alkyl halides is 1. The number of hydrogen-bond acceptors (Lipinski definition) is 1. The minimum absolute atomic E-state index is 0.0744. The normalized spacial score (nSPS) is 13.9. The van der Waals surface area contributed by atoms with Crippen molar-refractivity contribution in [3.05, 3.63) is 0 Å². The summed E-state index contributed by atoms with van der Waals surface area (Å²) in [5.74, 6) is 0.585. The summed E-state index contributed by atoms with van der Waals surface area (Å²) in [6.07, 6.45) is 0.789. The van der Waals surface area contributed by atoms with Crippen molar-refractivity contribution in [2.24, 2.45) is 5.92 Å². The molecule has 1 nitrogen and oxygen atoms in total. The highest BCUT2D eigenvalue weighted by molar-refractivity contribution is 6.30. The Morgan fingerprint density at radius 1 is 1.56 bits per heavy atom. The van der Waals surface area contributed by atoms with Crippen LogP contribution >= 0.6 is 11.6 Å². The zero-order chi connectivity index (χ0) is 7.44. The van der Waals surface area contributed by atoms with Gasteiger partial charge in [0.25, 0.3) is 0 Å². The summed E-state index contributed by atoms with van der Waals surface area (Å²) in [4.78, 5) is 10.5. The van der Waals surface area contributed by atoms with Crippen molar-refractivity contribution < 1.29 is 4.79 Å². The first-order valence-corrected chi connectivity index (χ1v) is 3.62. The Morgan fingerprint density at radius 2 is 2.00 bits per heavy atom. The molecule has 0 aliphatic carbocycles. The van der Waals surface area contributed by atoms with Crippen LogP contribution in [0, 0.1) is 5.92 Å². The highest BCUT2D eigenvalue weighted by Crippen LogP contribution is 2.10. The molecule has 0 radical (unpaired) electrons. The maximum Gasteiger partial charge on any atom is 0.147 e. The van der Waals surface area contributed by atoms with E-state index >= 15 is 0 Å². The number of carbonyl (C=O) groups excluding carboxylic acids is 1. The maximum absolute atomic E-state index is 10.5. The van der Waals surface area contributed by atoms with E-state index in [9.17, 15) is 4.79 Å². The summed E-state index contributed by atoms with van der Waals surface area (Å²) in [6, 6.07) is 0. The molecule has 0 fully saturated rings. The molecule has 0 unspecified atom stereocenters. The Hall–Kier alpha value is -0.0400. The Morgan fingerprint density at radius 3 is 2.11 bits per heavy atom. The molecule has 2 heteroatoms. The molecule has 0 saturated carbocycles. The Balaban J connectivity index is 3.50. The molecule has 0 heterocycles. The Labute approximate surface area is 61.4 Å². The number of hydrogen-bond donors (Lipinski definition) is 0.